The molecule has 0 aromatic rings. The molecule has 0 aromatic carbocycles. The van der Waals surface area contributed by atoms with E-state index in [1.165, 1.54) is 12.8 Å². The van der Waals surface area contributed by atoms with E-state index in [2.05, 4.69) is 6.92 Å². The molecule has 2 unspecified atom stereocenters. The molecule has 104 valence electrons. The van der Waals surface area contributed by atoms with Crippen LogP contribution in [-0.2, 0) is 9.53 Å². The Morgan fingerprint density at radius 3 is 2.89 bits per heavy atom. The second kappa shape index (κ2) is 6.53. The first-order valence-electron chi connectivity index (χ1n) is 7.35. The van der Waals surface area contributed by atoms with Crippen molar-refractivity contribution in [1.29, 1.82) is 0 Å². The molecule has 1 aliphatic carbocycles. The van der Waals surface area contributed by atoms with Crippen molar-refractivity contribution in [3.63, 3.8) is 0 Å². The fourth-order valence-corrected chi connectivity index (χ4v) is 2.61. The van der Waals surface area contributed by atoms with Gasteiger partial charge in [0.25, 0.3) is 0 Å². The number of carbonyl (C=O) groups is 1. The zero-order valence-electron chi connectivity index (χ0n) is 11.4. The second-order valence-electron chi connectivity index (χ2n) is 5.68. The van der Waals surface area contributed by atoms with Crippen LogP contribution in [0, 0.1) is 5.92 Å². The van der Waals surface area contributed by atoms with Crippen molar-refractivity contribution in [2.45, 2.75) is 57.6 Å². The second-order valence-corrected chi connectivity index (χ2v) is 5.68. The summed E-state index contributed by atoms with van der Waals surface area (Å²) in [6, 6.07) is 0.0782. The summed E-state index contributed by atoms with van der Waals surface area (Å²) < 4.78 is 5.75. The van der Waals surface area contributed by atoms with Gasteiger partial charge >= 0.3 is 0 Å². The minimum absolute atomic E-state index is 0.0782. The van der Waals surface area contributed by atoms with Gasteiger partial charge in [-0.05, 0) is 38.0 Å². The molecule has 18 heavy (non-hydrogen) atoms. The van der Waals surface area contributed by atoms with E-state index in [9.17, 15) is 4.79 Å². The standard InChI is InChI=1S/C14H26N2O2/c1-2-8-18-12-4-3-7-16(10-12)14(17)9-13(15)11-5-6-11/h11-13H,2-10,15H2,1H3. The highest BCUT2D eigenvalue weighted by atomic mass is 16.5. The minimum atomic E-state index is 0.0782. The summed E-state index contributed by atoms with van der Waals surface area (Å²) in [6.07, 6.45) is 6.34. The predicted octanol–water partition coefficient (Wildman–Crippen LogP) is 1.53. The first kappa shape index (κ1) is 13.8. The van der Waals surface area contributed by atoms with Gasteiger partial charge in [0.1, 0.15) is 0 Å². The minimum Gasteiger partial charge on any atom is -0.376 e. The molecule has 2 N–H and O–H groups in total. The van der Waals surface area contributed by atoms with Crippen LogP contribution in [0.1, 0.15) is 45.4 Å². The molecule has 1 saturated heterocycles. The molecule has 0 spiro atoms. The van der Waals surface area contributed by atoms with Gasteiger partial charge in [0.05, 0.1) is 6.10 Å². The van der Waals surface area contributed by atoms with Crippen LogP contribution in [0.2, 0.25) is 0 Å². The predicted molar refractivity (Wildman–Crippen MR) is 71.2 cm³/mol. The van der Waals surface area contributed by atoms with E-state index in [1.54, 1.807) is 0 Å². The number of nitrogens with zero attached hydrogens (tertiary/aromatic N) is 1. The summed E-state index contributed by atoms with van der Waals surface area (Å²) in [4.78, 5) is 14.1. The highest BCUT2D eigenvalue weighted by Gasteiger charge is 2.32. The number of amides is 1. The maximum Gasteiger partial charge on any atom is 0.224 e. The summed E-state index contributed by atoms with van der Waals surface area (Å²) >= 11 is 0. The Balaban J connectivity index is 1.74. The van der Waals surface area contributed by atoms with Gasteiger partial charge < -0.3 is 15.4 Å². The fraction of sp³-hybridized carbons (Fsp3) is 0.929. The van der Waals surface area contributed by atoms with Crippen LogP contribution >= 0.6 is 0 Å². The first-order valence-corrected chi connectivity index (χ1v) is 7.35. The molecule has 1 heterocycles. The van der Waals surface area contributed by atoms with Crippen LogP contribution in [0.3, 0.4) is 0 Å². The number of hydrogen-bond acceptors (Lipinski definition) is 3. The van der Waals surface area contributed by atoms with Crippen LogP contribution in [0.15, 0.2) is 0 Å². The number of carbonyl (C=O) groups excluding carboxylic acids is 1. The molecular weight excluding hydrogens is 228 g/mol. The van der Waals surface area contributed by atoms with Crippen LogP contribution in [0.25, 0.3) is 0 Å². The lowest BCUT2D eigenvalue weighted by molar-refractivity contribution is -0.135. The van der Waals surface area contributed by atoms with Crippen molar-refractivity contribution < 1.29 is 9.53 Å². The molecule has 2 rings (SSSR count). The number of rotatable bonds is 6. The summed E-state index contributed by atoms with van der Waals surface area (Å²) in [7, 11) is 0. The summed E-state index contributed by atoms with van der Waals surface area (Å²) in [6.45, 7) is 4.55. The lowest BCUT2D eigenvalue weighted by Gasteiger charge is -2.33. The lowest BCUT2D eigenvalue weighted by atomic mass is 10.1. The third-order valence-electron chi connectivity index (χ3n) is 3.93. The van der Waals surface area contributed by atoms with E-state index in [-0.39, 0.29) is 18.1 Å². The smallest absolute Gasteiger partial charge is 0.224 e. The zero-order valence-corrected chi connectivity index (χ0v) is 11.4. The lowest BCUT2D eigenvalue weighted by Crippen LogP contribution is -2.45. The van der Waals surface area contributed by atoms with E-state index >= 15 is 0 Å². The average Bonchev–Trinajstić information content (AvgIpc) is 3.21. The van der Waals surface area contributed by atoms with Crippen molar-refractivity contribution in [1.82, 2.24) is 4.90 Å². The normalized spacial score (nSPS) is 26.1. The Hall–Kier alpha value is -0.610. The van der Waals surface area contributed by atoms with E-state index in [4.69, 9.17) is 10.5 Å². The van der Waals surface area contributed by atoms with E-state index in [1.807, 2.05) is 4.90 Å². The van der Waals surface area contributed by atoms with Gasteiger partial charge in [0.15, 0.2) is 0 Å². The summed E-state index contributed by atoms with van der Waals surface area (Å²) in [5.74, 6) is 0.824. The highest BCUT2D eigenvalue weighted by Crippen LogP contribution is 2.33. The Morgan fingerprint density at radius 1 is 1.44 bits per heavy atom. The number of piperidine rings is 1. The fourth-order valence-electron chi connectivity index (χ4n) is 2.61. The van der Waals surface area contributed by atoms with Crippen molar-refractivity contribution in [3.8, 4) is 0 Å². The zero-order chi connectivity index (χ0) is 13.0. The third kappa shape index (κ3) is 3.95. The highest BCUT2D eigenvalue weighted by molar-refractivity contribution is 5.77. The van der Waals surface area contributed by atoms with Crippen LogP contribution in [0.4, 0.5) is 0 Å². The SMILES string of the molecule is CCCOC1CCCN(C(=O)CC(N)C2CC2)C1. The molecule has 4 heteroatoms. The number of nitrogens with two attached hydrogens (primary N) is 1. The number of hydrogen-bond donors (Lipinski definition) is 1. The van der Waals surface area contributed by atoms with E-state index in [0.717, 1.165) is 39.0 Å². The van der Waals surface area contributed by atoms with Gasteiger partial charge in [-0.2, -0.15) is 0 Å². The van der Waals surface area contributed by atoms with Crippen LogP contribution in [0.5, 0.6) is 0 Å². The monoisotopic (exact) mass is 254 g/mol. The molecule has 0 bridgehead atoms. The van der Waals surface area contributed by atoms with Crippen molar-refractivity contribution in [3.05, 3.63) is 0 Å². The molecule has 2 atom stereocenters. The third-order valence-corrected chi connectivity index (χ3v) is 3.93. The topological polar surface area (TPSA) is 55.6 Å². The molecule has 1 aliphatic heterocycles. The van der Waals surface area contributed by atoms with Crippen molar-refractivity contribution in [2.24, 2.45) is 11.7 Å². The maximum absolute atomic E-state index is 12.2. The molecule has 0 aromatic heterocycles. The van der Waals surface area contributed by atoms with Crippen molar-refractivity contribution in [2.75, 3.05) is 19.7 Å². The maximum atomic E-state index is 12.2. The molecule has 1 saturated carbocycles. The quantitative estimate of drug-likeness (QED) is 0.782. The van der Waals surface area contributed by atoms with E-state index in [0.29, 0.717) is 12.3 Å². The molecule has 2 aliphatic rings. The van der Waals surface area contributed by atoms with E-state index < -0.39 is 0 Å². The Kier molecular flexibility index (Phi) is 5.01. The molecule has 1 amide bonds. The van der Waals surface area contributed by atoms with Crippen molar-refractivity contribution >= 4 is 5.91 Å². The van der Waals surface area contributed by atoms with Gasteiger partial charge in [0.2, 0.25) is 5.91 Å². The van der Waals surface area contributed by atoms with Gasteiger partial charge in [-0.1, -0.05) is 6.92 Å². The average molecular weight is 254 g/mol. The van der Waals surface area contributed by atoms with Gasteiger partial charge in [-0.3, -0.25) is 4.79 Å². The Morgan fingerprint density at radius 2 is 2.22 bits per heavy atom. The molecule has 0 radical (unpaired) electrons. The Labute approximate surface area is 110 Å². The van der Waals surface area contributed by atoms with Gasteiger partial charge in [0, 0.05) is 32.2 Å². The summed E-state index contributed by atoms with van der Waals surface area (Å²) in [5, 5.41) is 0. The van der Waals surface area contributed by atoms with Gasteiger partial charge in [-0.15, -0.1) is 0 Å². The number of likely N-dealkylation sites (tertiary alicyclic amines) is 1. The van der Waals surface area contributed by atoms with Crippen LogP contribution < -0.4 is 5.73 Å². The largest absolute Gasteiger partial charge is 0.376 e. The first-order chi connectivity index (χ1) is 8.70. The summed E-state index contributed by atoms with van der Waals surface area (Å²) in [5.41, 5.74) is 6.02. The molecule has 4 nitrogen and oxygen atoms in total. The number of ether oxygens (including phenoxy) is 1. The van der Waals surface area contributed by atoms with Gasteiger partial charge in [-0.25, -0.2) is 0 Å². The van der Waals surface area contributed by atoms with Crippen LogP contribution in [-0.4, -0.2) is 42.6 Å². The molecule has 2 fully saturated rings. The Bertz CT molecular complexity index is 279. The molecular formula is C14H26N2O2.